The minimum Gasteiger partial charge on any atom is -0.462 e. The maximum atomic E-state index is 12.5. The van der Waals surface area contributed by atoms with Crippen molar-refractivity contribution >= 4 is 5.97 Å². The van der Waals surface area contributed by atoms with Crippen LogP contribution in [0.25, 0.3) is 11.1 Å². The van der Waals surface area contributed by atoms with Gasteiger partial charge in [0.25, 0.3) is 0 Å². The molecular formula is C16H17NO3. The first kappa shape index (κ1) is 14.1. The van der Waals surface area contributed by atoms with E-state index in [1.807, 2.05) is 37.4 Å². The van der Waals surface area contributed by atoms with E-state index in [-0.39, 0.29) is 17.6 Å². The van der Waals surface area contributed by atoms with E-state index in [1.165, 1.54) is 0 Å². The summed E-state index contributed by atoms with van der Waals surface area (Å²) in [5.41, 5.74) is 1.72. The van der Waals surface area contributed by atoms with Crippen LogP contribution >= 0.6 is 0 Å². The third-order valence-electron chi connectivity index (χ3n) is 3.25. The van der Waals surface area contributed by atoms with Gasteiger partial charge in [0.2, 0.25) is 5.43 Å². The number of carbonyl (C=O) groups excluding carboxylic acids is 1. The highest BCUT2D eigenvalue weighted by Gasteiger charge is 2.19. The summed E-state index contributed by atoms with van der Waals surface area (Å²) in [6.45, 7) is 3.71. The van der Waals surface area contributed by atoms with Gasteiger partial charge in [-0.1, -0.05) is 30.3 Å². The van der Waals surface area contributed by atoms with Crippen LogP contribution in [0.3, 0.4) is 0 Å². The molecule has 0 spiro atoms. The third-order valence-corrected chi connectivity index (χ3v) is 3.25. The second-order valence-corrected chi connectivity index (χ2v) is 4.53. The summed E-state index contributed by atoms with van der Waals surface area (Å²) < 4.78 is 6.76. The first-order valence-electron chi connectivity index (χ1n) is 6.49. The number of hydrogen-bond acceptors (Lipinski definition) is 3. The van der Waals surface area contributed by atoms with Crippen molar-refractivity contribution < 1.29 is 9.53 Å². The Labute approximate surface area is 117 Å². The summed E-state index contributed by atoms with van der Waals surface area (Å²) in [5.74, 6) is -0.566. The Morgan fingerprint density at radius 2 is 1.90 bits per heavy atom. The molecule has 0 aliphatic carbocycles. The molecule has 0 aliphatic heterocycles. The van der Waals surface area contributed by atoms with Gasteiger partial charge in [0.15, 0.2) is 0 Å². The highest BCUT2D eigenvalue weighted by Crippen LogP contribution is 2.17. The second kappa shape index (κ2) is 5.74. The molecule has 4 heteroatoms. The lowest BCUT2D eigenvalue weighted by Crippen LogP contribution is -2.24. The molecule has 1 heterocycles. The third kappa shape index (κ3) is 2.50. The van der Waals surface area contributed by atoms with E-state index >= 15 is 0 Å². The standard InChI is InChI=1S/C16H17NO3/c1-4-20-16(19)14-11(2)17(3)10-13(15(14)18)12-8-6-5-7-9-12/h5-10H,4H2,1-3H3. The van der Waals surface area contributed by atoms with Crippen molar-refractivity contribution in [2.75, 3.05) is 6.61 Å². The smallest absolute Gasteiger partial charge is 0.343 e. The largest absolute Gasteiger partial charge is 0.462 e. The van der Waals surface area contributed by atoms with Crippen LogP contribution in [0, 0.1) is 6.92 Å². The van der Waals surface area contributed by atoms with Gasteiger partial charge in [-0.2, -0.15) is 0 Å². The van der Waals surface area contributed by atoms with Gasteiger partial charge in [-0.3, -0.25) is 4.79 Å². The fraction of sp³-hybridized carbons (Fsp3) is 0.250. The topological polar surface area (TPSA) is 48.3 Å². The molecule has 104 valence electrons. The Hall–Kier alpha value is -2.36. The van der Waals surface area contributed by atoms with Crippen molar-refractivity contribution in [2.24, 2.45) is 7.05 Å². The lowest BCUT2D eigenvalue weighted by atomic mass is 10.0. The first-order chi connectivity index (χ1) is 9.56. The van der Waals surface area contributed by atoms with Crippen LogP contribution in [-0.2, 0) is 11.8 Å². The maximum absolute atomic E-state index is 12.5. The molecular weight excluding hydrogens is 254 g/mol. The van der Waals surface area contributed by atoms with Gasteiger partial charge < -0.3 is 9.30 Å². The predicted molar refractivity (Wildman–Crippen MR) is 77.8 cm³/mol. The number of carbonyl (C=O) groups is 1. The Morgan fingerprint density at radius 3 is 2.50 bits per heavy atom. The van der Waals surface area contributed by atoms with E-state index in [1.54, 1.807) is 24.6 Å². The average Bonchev–Trinajstić information content (AvgIpc) is 2.44. The van der Waals surface area contributed by atoms with Crippen LogP contribution in [-0.4, -0.2) is 17.1 Å². The molecule has 20 heavy (non-hydrogen) atoms. The Morgan fingerprint density at radius 1 is 1.25 bits per heavy atom. The highest BCUT2D eigenvalue weighted by atomic mass is 16.5. The molecule has 0 fully saturated rings. The van der Waals surface area contributed by atoms with E-state index < -0.39 is 5.97 Å². The number of nitrogens with zero attached hydrogens (tertiary/aromatic N) is 1. The SMILES string of the molecule is CCOC(=O)c1c(C)n(C)cc(-c2ccccc2)c1=O. The van der Waals surface area contributed by atoms with Gasteiger partial charge in [-0.15, -0.1) is 0 Å². The molecule has 0 N–H and O–H groups in total. The van der Waals surface area contributed by atoms with Crippen molar-refractivity contribution in [1.29, 1.82) is 0 Å². The summed E-state index contributed by atoms with van der Waals surface area (Å²) in [5, 5.41) is 0. The number of esters is 1. The molecule has 0 radical (unpaired) electrons. The van der Waals surface area contributed by atoms with E-state index in [2.05, 4.69) is 0 Å². The van der Waals surface area contributed by atoms with Gasteiger partial charge in [0, 0.05) is 24.5 Å². The van der Waals surface area contributed by atoms with Crippen molar-refractivity contribution in [3.63, 3.8) is 0 Å². The van der Waals surface area contributed by atoms with Crippen molar-refractivity contribution in [3.8, 4) is 11.1 Å². The molecule has 0 aliphatic rings. The lowest BCUT2D eigenvalue weighted by molar-refractivity contribution is 0.0523. The summed E-state index contributed by atoms with van der Waals surface area (Å²) in [4.78, 5) is 24.5. The molecule has 2 aromatic rings. The monoisotopic (exact) mass is 271 g/mol. The Balaban J connectivity index is 2.68. The van der Waals surface area contributed by atoms with E-state index in [9.17, 15) is 9.59 Å². The quantitative estimate of drug-likeness (QED) is 0.806. The number of aromatic nitrogens is 1. The number of hydrogen-bond donors (Lipinski definition) is 0. The summed E-state index contributed by atoms with van der Waals surface area (Å²) in [6.07, 6.45) is 1.75. The maximum Gasteiger partial charge on any atom is 0.343 e. The minimum atomic E-state index is -0.566. The molecule has 1 aromatic carbocycles. The van der Waals surface area contributed by atoms with Gasteiger partial charge in [-0.05, 0) is 19.4 Å². The molecule has 1 aromatic heterocycles. The predicted octanol–water partition coefficient (Wildman–Crippen LogP) is 2.54. The lowest BCUT2D eigenvalue weighted by Gasteiger charge is -2.12. The van der Waals surface area contributed by atoms with E-state index in [0.717, 1.165) is 5.56 Å². The van der Waals surface area contributed by atoms with E-state index in [4.69, 9.17) is 4.74 Å². The highest BCUT2D eigenvalue weighted by molar-refractivity contribution is 5.92. The van der Waals surface area contributed by atoms with Gasteiger partial charge in [-0.25, -0.2) is 4.79 Å². The molecule has 0 bridgehead atoms. The Kier molecular flexibility index (Phi) is 4.03. The number of ether oxygens (including phenoxy) is 1. The molecule has 4 nitrogen and oxygen atoms in total. The number of pyridine rings is 1. The van der Waals surface area contributed by atoms with Crippen LogP contribution in [0.5, 0.6) is 0 Å². The zero-order valence-electron chi connectivity index (χ0n) is 11.8. The van der Waals surface area contributed by atoms with Crippen LogP contribution in [0.1, 0.15) is 23.0 Å². The van der Waals surface area contributed by atoms with Gasteiger partial charge in [0.1, 0.15) is 5.56 Å². The second-order valence-electron chi connectivity index (χ2n) is 4.53. The van der Waals surface area contributed by atoms with Crippen molar-refractivity contribution in [1.82, 2.24) is 4.57 Å². The van der Waals surface area contributed by atoms with Crippen LogP contribution in [0.15, 0.2) is 41.3 Å². The number of benzene rings is 1. The summed E-state index contributed by atoms with van der Waals surface area (Å²) in [7, 11) is 1.81. The fourth-order valence-corrected chi connectivity index (χ4v) is 2.09. The Bertz CT molecular complexity index is 687. The van der Waals surface area contributed by atoms with Crippen LogP contribution in [0.4, 0.5) is 0 Å². The van der Waals surface area contributed by atoms with Crippen LogP contribution in [0.2, 0.25) is 0 Å². The number of rotatable bonds is 3. The normalized spacial score (nSPS) is 10.3. The molecule has 0 atom stereocenters. The number of aryl methyl sites for hydroxylation is 1. The summed E-state index contributed by atoms with van der Waals surface area (Å²) >= 11 is 0. The first-order valence-corrected chi connectivity index (χ1v) is 6.49. The fourth-order valence-electron chi connectivity index (χ4n) is 2.09. The zero-order chi connectivity index (χ0) is 14.7. The van der Waals surface area contributed by atoms with E-state index in [0.29, 0.717) is 11.3 Å². The summed E-state index contributed by atoms with van der Waals surface area (Å²) in [6, 6.07) is 9.30. The molecule has 0 amide bonds. The molecule has 2 rings (SSSR count). The zero-order valence-corrected chi connectivity index (χ0v) is 11.8. The van der Waals surface area contributed by atoms with Gasteiger partial charge in [0.05, 0.1) is 6.61 Å². The molecule has 0 unspecified atom stereocenters. The molecule has 0 saturated heterocycles. The molecule has 0 saturated carbocycles. The van der Waals surface area contributed by atoms with Crippen molar-refractivity contribution in [3.05, 3.63) is 58.0 Å². The van der Waals surface area contributed by atoms with Gasteiger partial charge >= 0.3 is 5.97 Å². The van der Waals surface area contributed by atoms with Crippen LogP contribution < -0.4 is 5.43 Å². The van der Waals surface area contributed by atoms with Crippen molar-refractivity contribution in [2.45, 2.75) is 13.8 Å². The minimum absolute atomic E-state index is 0.107. The average molecular weight is 271 g/mol.